The third-order valence-corrected chi connectivity index (χ3v) is 4.94. The predicted molar refractivity (Wildman–Crippen MR) is 98.8 cm³/mol. The van der Waals surface area contributed by atoms with E-state index in [2.05, 4.69) is 36.4 Å². The van der Waals surface area contributed by atoms with Crippen molar-refractivity contribution in [3.05, 3.63) is 58.7 Å². The van der Waals surface area contributed by atoms with E-state index in [0.717, 1.165) is 0 Å². The second-order valence-electron chi connectivity index (χ2n) is 5.94. The van der Waals surface area contributed by atoms with Crippen LogP contribution in [0.3, 0.4) is 0 Å². The van der Waals surface area contributed by atoms with E-state index in [4.69, 9.17) is 23.2 Å². The summed E-state index contributed by atoms with van der Waals surface area (Å²) in [5.41, 5.74) is 6.39. The van der Waals surface area contributed by atoms with Crippen molar-refractivity contribution in [3.63, 3.8) is 0 Å². The zero-order valence-electron chi connectivity index (χ0n) is 13.8. The quantitative estimate of drug-likeness (QED) is 0.384. The van der Waals surface area contributed by atoms with E-state index < -0.39 is 0 Å². The number of aryl methyl sites for hydroxylation is 4. The number of alkyl halides is 2. The van der Waals surface area contributed by atoms with Crippen molar-refractivity contribution in [1.29, 1.82) is 0 Å². The Labute approximate surface area is 170 Å². The number of fused-ring (bicyclic) bond motifs is 2. The fourth-order valence-electron chi connectivity index (χ4n) is 3.23. The standard InChI is InChI=1S/2C9H11.C2H4Cl2.Zr/c2*1-2-5-9-7-3-6-8(9)4-1;3-1-2-4;/h2*3,6-7H,1-2,4-5H2;1-2H2;/q2*-1;;+2. The summed E-state index contributed by atoms with van der Waals surface area (Å²) in [6.07, 6.45) is 10.9. The van der Waals surface area contributed by atoms with E-state index in [1.165, 1.54) is 51.4 Å². The second-order valence-corrected chi connectivity index (χ2v) is 6.70. The minimum absolute atomic E-state index is 0. The SMILES string of the molecule is ClCCCl.[Zr+2].c1cc2c([cH-]1)CCCC2.c1cc2c([cH-]1)CCCC2. The van der Waals surface area contributed by atoms with E-state index in [-0.39, 0.29) is 26.2 Å². The van der Waals surface area contributed by atoms with Gasteiger partial charge in [-0.05, 0) is 0 Å². The van der Waals surface area contributed by atoms with Crippen molar-refractivity contribution in [2.45, 2.75) is 51.4 Å². The number of halogens is 2. The van der Waals surface area contributed by atoms with E-state index in [0.29, 0.717) is 11.8 Å². The fraction of sp³-hybridized carbons (Fsp3) is 0.500. The molecular weight excluding hydrogens is 402 g/mol. The normalized spacial score (nSPS) is 14.9. The van der Waals surface area contributed by atoms with Gasteiger partial charge in [0, 0.05) is 11.8 Å². The first-order chi connectivity index (χ1) is 10.8. The van der Waals surface area contributed by atoms with Crippen molar-refractivity contribution in [1.82, 2.24) is 0 Å². The fourth-order valence-corrected chi connectivity index (χ4v) is 3.23. The van der Waals surface area contributed by atoms with Crippen LogP contribution in [0.5, 0.6) is 0 Å². The van der Waals surface area contributed by atoms with Crippen LogP contribution >= 0.6 is 23.2 Å². The molecule has 0 radical (unpaired) electrons. The molecular formula is C20H26Cl2Zr. The summed E-state index contributed by atoms with van der Waals surface area (Å²) in [7, 11) is 0. The molecule has 0 heterocycles. The average molecular weight is 429 g/mol. The zero-order chi connectivity index (χ0) is 15.6. The molecule has 0 spiro atoms. The molecule has 0 fully saturated rings. The molecule has 0 N–H and O–H groups in total. The van der Waals surface area contributed by atoms with E-state index in [1.54, 1.807) is 22.3 Å². The van der Waals surface area contributed by atoms with Gasteiger partial charge in [0.2, 0.25) is 0 Å². The van der Waals surface area contributed by atoms with Gasteiger partial charge in [-0.15, -0.1) is 23.2 Å². The van der Waals surface area contributed by atoms with Crippen molar-refractivity contribution in [2.75, 3.05) is 11.8 Å². The molecule has 0 amide bonds. The van der Waals surface area contributed by atoms with Gasteiger partial charge in [0.25, 0.3) is 0 Å². The molecule has 2 aliphatic carbocycles. The summed E-state index contributed by atoms with van der Waals surface area (Å²) < 4.78 is 0. The molecule has 0 atom stereocenters. The molecule has 2 aromatic rings. The van der Waals surface area contributed by atoms with Crippen LogP contribution < -0.4 is 0 Å². The van der Waals surface area contributed by atoms with Crippen LogP contribution in [-0.4, -0.2) is 11.8 Å². The van der Waals surface area contributed by atoms with Crippen LogP contribution in [-0.2, 0) is 51.9 Å². The largest absolute Gasteiger partial charge is 2.00 e. The molecule has 4 rings (SSSR count). The number of rotatable bonds is 1. The van der Waals surface area contributed by atoms with Crippen LogP contribution in [0.2, 0.25) is 0 Å². The molecule has 2 aromatic carbocycles. The number of hydrogen-bond donors (Lipinski definition) is 0. The van der Waals surface area contributed by atoms with Crippen molar-refractivity contribution in [2.24, 2.45) is 0 Å². The van der Waals surface area contributed by atoms with E-state index >= 15 is 0 Å². The maximum Gasteiger partial charge on any atom is 2.00 e. The summed E-state index contributed by atoms with van der Waals surface area (Å²) in [4.78, 5) is 0. The average Bonchev–Trinajstić information content (AvgIpc) is 3.24. The summed E-state index contributed by atoms with van der Waals surface area (Å²) in [6.45, 7) is 0. The van der Waals surface area contributed by atoms with Crippen LogP contribution in [0.25, 0.3) is 0 Å². The Balaban J connectivity index is 0.000000182. The van der Waals surface area contributed by atoms with Gasteiger partial charge in [-0.3, -0.25) is 0 Å². The first kappa shape index (κ1) is 21.2. The number of hydrogen-bond acceptors (Lipinski definition) is 0. The summed E-state index contributed by atoms with van der Waals surface area (Å²) >= 11 is 10.1. The van der Waals surface area contributed by atoms with Crippen LogP contribution in [0.15, 0.2) is 36.4 Å². The molecule has 3 heteroatoms. The summed E-state index contributed by atoms with van der Waals surface area (Å²) in [6, 6.07) is 13.4. The van der Waals surface area contributed by atoms with Gasteiger partial charge in [0.15, 0.2) is 0 Å². The Kier molecular flexibility index (Phi) is 11.5. The van der Waals surface area contributed by atoms with Gasteiger partial charge in [0.1, 0.15) is 0 Å². The van der Waals surface area contributed by atoms with Gasteiger partial charge < -0.3 is 0 Å². The monoisotopic (exact) mass is 426 g/mol. The zero-order valence-corrected chi connectivity index (χ0v) is 17.8. The maximum absolute atomic E-state index is 5.05. The summed E-state index contributed by atoms with van der Waals surface area (Å²) in [5.74, 6) is 1.11. The molecule has 0 bridgehead atoms. The Morgan fingerprint density at radius 3 is 1.43 bits per heavy atom. The Hall–Kier alpha value is 0.163. The molecule has 2 aliphatic rings. The third kappa shape index (κ3) is 7.29. The first-order valence-electron chi connectivity index (χ1n) is 8.44. The Morgan fingerprint density at radius 2 is 1.09 bits per heavy atom. The van der Waals surface area contributed by atoms with Crippen LogP contribution in [0.1, 0.15) is 47.9 Å². The van der Waals surface area contributed by atoms with Gasteiger partial charge in [-0.2, -0.15) is 46.5 Å². The van der Waals surface area contributed by atoms with Crippen molar-refractivity contribution < 1.29 is 26.2 Å². The minimum Gasteiger partial charge on any atom is -0.210 e. The molecule has 0 saturated heterocycles. The molecule has 0 nitrogen and oxygen atoms in total. The van der Waals surface area contributed by atoms with Gasteiger partial charge in [-0.25, -0.2) is 12.1 Å². The Morgan fingerprint density at radius 1 is 0.696 bits per heavy atom. The second kappa shape index (κ2) is 12.5. The smallest absolute Gasteiger partial charge is 0.210 e. The molecule has 0 saturated carbocycles. The van der Waals surface area contributed by atoms with Crippen LogP contribution in [0, 0.1) is 0 Å². The van der Waals surface area contributed by atoms with Crippen molar-refractivity contribution in [3.8, 4) is 0 Å². The Bertz CT molecular complexity index is 438. The van der Waals surface area contributed by atoms with Crippen molar-refractivity contribution >= 4 is 23.2 Å². The van der Waals surface area contributed by atoms with E-state index in [9.17, 15) is 0 Å². The molecule has 0 aromatic heterocycles. The molecule has 0 aliphatic heterocycles. The van der Waals surface area contributed by atoms with Gasteiger partial charge in [-0.1, -0.05) is 51.4 Å². The first-order valence-corrected chi connectivity index (χ1v) is 9.51. The molecule has 23 heavy (non-hydrogen) atoms. The predicted octanol–water partition coefficient (Wildman–Crippen LogP) is 6.03. The van der Waals surface area contributed by atoms with E-state index in [1.807, 2.05) is 0 Å². The maximum atomic E-state index is 5.05. The molecule has 124 valence electrons. The molecule has 0 unspecified atom stereocenters. The summed E-state index contributed by atoms with van der Waals surface area (Å²) in [5, 5.41) is 0. The van der Waals surface area contributed by atoms with Gasteiger partial charge >= 0.3 is 26.2 Å². The topological polar surface area (TPSA) is 0 Å². The van der Waals surface area contributed by atoms with Gasteiger partial charge in [0.05, 0.1) is 0 Å². The minimum atomic E-state index is 0. The van der Waals surface area contributed by atoms with Crippen LogP contribution in [0.4, 0.5) is 0 Å². The third-order valence-electron chi connectivity index (χ3n) is 4.37.